The van der Waals surface area contributed by atoms with E-state index >= 15 is 0 Å². The summed E-state index contributed by atoms with van der Waals surface area (Å²) in [6.45, 7) is 10.8. The molecule has 0 bridgehead atoms. The molecule has 3 amide bonds. The third-order valence-electron chi connectivity index (χ3n) is 8.57. The quantitative estimate of drug-likeness (QED) is 0.370. The van der Waals surface area contributed by atoms with E-state index < -0.39 is 11.7 Å². The molecule has 3 aliphatic heterocycles. The van der Waals surface area contributed by atoms with Crippen LogP contribution in [0.4, 0.5) is 21.2 Å². The number of carbonyl (C=O) groups excluding carboxylic acids is 2. The molecule has 226 valence electrons. The zero-order valence-corrected chi connectivity index (χ0v) is 25.7. The van der Waals surface area contributed by atoms with Gasteiger partial charge in [-0.3, -0.25) is 9.20 Å². The van der Waals surface area contributed by atoms with E-state index in [2.05, 4.69) is 27.1 Å². The van der Waals surface area contributed by atoms with E-state index in [0.29, 0.717) is 59.8 Å². The minimum absolute atomic E-state index is 0.211. The van der Waals surface area contributed by atoms with Crippen molar-refractivity contribution < 1.29 is 14.3 Å². The molecular weight excluding hydrogens is 568 g/mol. The van der Waals surface area contributed by atoms with Crippen molar-refractivity contribution in [2.45, 2.75) is 26.4 Å². The van der Waals surface area contributed by atoms with Crippen molar-refractivity contribution in [1.29, 1.82) is 0 Å². The van der Waals surface area contributed by atoms with E-state index in [-0.39, 0.29) is 17.1 Å². The van der Waals surface area contributed by atoms with Gasteiger partial charge < -0.3 is 29.7 Å². The Hall–Kier alpha value is -3.97. The number of ether oxygens (including phenoxy) is 1. The number of fused-ring (bicyclic) bond motifs is 6. The van der Waals surface area contributed by atoms with Crippen LogP contribution in [0, 0.1) is 11.8 Å². The van der Waals surface area contributed by atoms with Gasteiger partial charge in [-0.2, -0.15) is 4.98 Å². The van der Waals surface area contributed by atoms with Crippen LogP contribution in [0.1, 0.15) is 20.8 Å². The van der Waals surface area contributed by atoms with Crippen molar-refractivity contribution in [2.75, 3.05) is 69.6 Å². The highest BCUT2D eigenvalue weighted by Gasteiger charge is 2.39. The first-order valence-corrected chi connectivity index (χ1v) is 15.6. The molecule has 43 heavy (non-hydrogen) atoms. The van der Waals surface area contributed by atoms with Crippen LogP contribution in [0.5, 0.6) is 0 Å². The first-order valence-electron chi connectivity index (χ1n) is 14.8. The maximum Gasteiger partial charge on any atom is 0.410 e. The highest BCUT2D eigenvalue weighted by atomic mass is 32.1. The lowest BCUT2D eigenvalue weighted by molar-refractivity contribution is 0.0174. The number of amides is 3. The van der Waals surface area contributed by atoms with Crippen LogP contribution in [-0.4, -0.2) is 106 Å². The number of rotatable bonds is 2. The van der Waals surface area contributed by atoms with Crippen molar-refractivity contribution >= 4 is 61.2 Å². The number of hydrogen-bond acceptors (Lipinski definition) is 9. The number of anilines is 2. The zero-order chi connectivity index (χ0) is 30.0. The Morgan fingerprint density at radius 1 is 1.00 bits per heavy atom. The molecule has 4 aromatic rings. The predicted octanol–water partition coefficient (Wildman–Crippen LogP) is 3.54. The maximum absolute atomic E-state index is 13.9. The van der Waals surface area contributed by atoms with Crippen molar-refractivity contribution in [3.63, 3.8) is 0 Å². The van der Waals surface area contributed by atoms with Gasteiger partial charge in [0.1, 0.15) is 16.1 Å². The predicted molar refractivity (Wildman–Crippen MR) is 167 cm³/mol. The number of nitrogens with zero attached hydrogens (tertiary/aromatic N) is 7. The Labute approximate surface area is 252 Å². The van der Waals surface area contributed by atoms with Crippen LogP contribution < -0.4 is 15.6 Å². The van der Waals surface area contributed by atoms with Gasteiger partial charge in [0.15, 0.2) is 5.65 Å². The molecule has 0 aliphatic carbocycles. The Balaban J connectivity index is 1.20. The summed E-state index contributed by atoms with van der Waals surface area (Å²) >= 11 is 1.45. The van der Waals surface area contributed by atoms with Crippen LogP contribution >= 0.6 is 11.3 Å². The molecule has 7 rings (SSSR count). The van der Waals surface area contributed by atoms with Crippen LogP contribution in [-0.2, 0) is 4.74 Å². The molecule has 3 saturated heterocycles. The van der Waals surface area contributed by atoms with E-state index in [1.807, 2.05) is 49.4 Å². The number of carbonyl (C=O) groups is 2. The second-order valence-electron chi connectivity index (χ2n) is 12.9. The average Bonchev–Trinajstić information content (AvgIpc) is 3.65. The van der Waals surface area contributed by atoms with E-state index in [1.165, 1.54) is 11.3 Å². The third kappa shape index (κ3) is 5.03. The average molecular weight is 605 g/mol. The van der Waals surface area contributed by atoms with Gasteiger partial charge in [0.25, 0.3) is 0 Å². The number of urea groups is 1. The minimum Gasteiger partial charge on any atom is -0.444 e. The van der Waals surface area contributed by atoms with Crippen LogP contribution in [0.2, 0.25) is 0 Å². The van der Waals surface area contributed by atoms with Crippen molar-refractivity contribution in [2.24, 2.45) is 11.8 Å². The van der Waals surface area contributed by atoms with Gasteiger partial charge in [-0.15, -0.1) is 11.3 Å². The highest BCUT2D eigenvalue weighted by Crippen LogP contribution is 2.35. The number of aromatic nitrogens is 3. The van der Waals surface area contributed by atoms with Crippen LogP contribution in [0.3, 0.4) is 0 Å². The second-order valence-corrected chi connectivity index (χ2v) is 13.9. The van der Waals surface area contributed by atoms with E-state index in [0.717, 1.165) is 36.4 Å². The van der Waals surface area contributed by atoms with Crippen LogP contribution in [0.15, 0.2) is 35.3 Å². The molecule has 0 spiro atoms. The summed E-state index contributed by atoms with van der Waals surface area (Å²) in [6, 6.07) is 7.54. The fourth-order valence-corrected chi connectivity index (χ4v) is 7.69. The summed E-state index contributed by atoms with van der Waals surface area (Å²) in [6.07, 6.45) is 1.21. The number of likely N-dealkylation sites (tertiary alicyclic amines) is 1. The summed E-state index contributed by atoms with van der Waals surface area (Å²) in [5.74, 6) is 1.82. The Morgan fingerprint density at radius 2 is 1.67 bits per heavy atom. The van der Waals surface area contributed by atoms with Gasteiger partial charge in [0, 0.05) is 58.6 Å². The summed E-state index contributed by atoms with van der Waals surface area (Å²) in [5.41, 5.74) is 0.769. The molecule has 0 radical (unpaired) electrons. The molecule has 3 aromatic heterocycles. The minimum atomic E-state index is -0.589. The zero-order valence-electron chi connectivity index (χ0n) is 24.9. The largest absolute Gasteiger partial charge is 0.444 e. The van der Waals surface area contributed by atoms with Crippen molar-refractivity contribution in [1.82, 2.24) is 29.1 Å². The lowest BCUT2D eigenvalue weighted by Gasteiger charge is -2.35. The number of para-hydroxylation sites is 1. The lowest BCUT2D eigenvalue weighted by Crippen LogP contribution is -2.52. The molecule has 12 nitrogen and oxygen atoms in total. The molecule has 0 saturated carbocycles. The number of thiazole rings is 1. The standard InChI is InChI=1S/C30H36N8O4S/c1-30(2,3)42-29(41)36-11-9-35(10-12-36)28(40)32-23-24(39)20-13-31-27(37-16-18-14-34(4)15-19(18)17-37)33-25(20)38-21-7-5-6-8-22(21)43-26(23)38/h5-8,13,18-19H,9-12,14-17H2,1-4H3,(H,32,40). The van der Waals surface area contributed by atoms with Gasteiger partial charge in [-0.25, -0.2) is 14.6 Å². The first-order chi connectivity index (χ1) is 20.6. The molecular formula is C30H36N8O4S. The molecule has 2 unspecified atom stereocenters. The molecule has 1 aromatic carbocycles. The smallest absolute Gasteiger partial charge is 0.410 e. The second kappa shape index (κ2) is 10.3. The number of nitrogens with one attached hydrogen (secondary N) is 1. The summed E-state index contributed by atoms with van der Waals surface area (Å²) in [7, 11) is 2.17. The molecule has 2 atom stereocenters. The maximum atomic E-state index is 13.9. The number of piperazine rings is 1. The summed E-state index contributed by atoms with van der Waals surface area (Å²) < 4.78 is 8.43. The fraction of sp³-hybridized carbons (Fsp3) is 0.500. The number of benzene rings is 1. The summed E-state index contributed by atoms with van der Waals surface area (Å²) in [5, 5.41) is 3.27. The van der Waals surface area contributed by atoms with E-state index in [9.17, 15) is 14.4 Å². The van der Waals surface area contributed by atoms with Gasteiger partial charge in [0.2, 0.25) is 11.4 Å². The Kier molecular flexibility index (Phi) is 6.69. The molecule has 6 heterocycles. The molecule has 1 N–H and O–H groups in total. The van der Waals surface area contributed by atoms with Crippen molar-refractivity contribution in [3.8, 4) is 0 Å². The fourth-order valence-electron chi connectivity index (χ4n) is 6.54. The number of pyridine rings is 1. The molecule has 3 fully saturated rings. The van der Waals surface area contributed by atoms with Gasteiger partial charge >= 0.3 is 12.1 Å². The Bertz CT molecular complexity index is 1790. The van der Waals surface area contributed by atoms with E-state index in [4.69, 9.17) is 9.72 Å². The van der Waals surface area contributed by atoms with Gasteiger partial charge in [-0.1, -0.05) is 12.1 Å². The van der Waals surface area contributed by atoms with Crippen LogP contribution in [0.25, 0.3) is 26.1 Å². The first kappa shape index (κ1) is 27.8. The van der Waals surface area contributed by atoms with Gasteiger partial charge in [-0.05, 0) is 51.8 Å². The lowest BCUT2D eigenvalue weighted by atomic mass is 10.0. The number of hydrogen-bond donors (Lipinski definition) is 1. The highest BCUT2D eigenvalue weighted by molar-refractivity contribution is 7.24. The molecule has 13 heteroatoms. The SMILES string of the molecule is CN1CC2CN(c3ncc4c(=O)c(NC(=O)N5CCN(C(=O)OC(C)(C)C)CC5)c5sc6ccccc6n5c4n3)CC2C1. The van der Waals surface area contributed by atoms with Gasteiger partial charge in [0.05, 0.1) is 15.6 Å². The monoisotopic (exact) mass is 604 g/mol. The third-order valence-corrected chi connectivity index (χ3v) is 9.72. The summed E-state index contributed by atoms with van der Waals surface area (Å²) in [4.78, 5) is 58.0. The van der Waals surface area contributed by atoms with E-state index in [1.54, 1.807) is 16.0 Å². The van der Waals surface area contributed by atoms with Crippen molar-refractivity contribution in [3.05, 3.63) is 40.7 Å². The normalized spacial score (nSPS) is 21.3. The molecule has 3 aliphatic rings. The topological polar surface area (TPSA) is 116 Å². The Morgan fingerprint density at radius 3 is 2.37 bits per heavy atom.